The summed E-state index contributed by atoms with van der Waals surface area (Å²) in [6.07, 6.45) is 0. The number of nitro groups is 1. The highest BCUT2D eigenvalue weighted by atomic mass is 32.2. The Morgan fingerprint density at radius 2 is 1.85 bits per heavy atom. The Kier molecular flexibility index (Phi) is 3.99. The van der Waals surface area contributed by atoms with Crippen molar-refractivity contribution in [3.05, 3.63) is 34.4 Å². The van der Waals surface area contributed by atoms with Crippen LogP contribution in [-0.4, -0.2) is 34.0 Å². The number of non-ortho nitro benzene ring substituents is 1. The molecule has 0 saturated heterocycles. The van der Waals surface area contributed by atoms with Crippen LogP contribution in [-0.2, 0) is 0 Å². The fraction of sp³-hybridized carbons (Fsp3) is 0.182. The Morgan fingerprint density at radius 1 is 1.20 bits per heavy atom. The molecule has 104 valence electrons. The summed E-state index contributed by atoms with van der Waals surface area (Å²) in [4.78, 5) is 24.9. The molecule has 0 unspecified atom stereocenters. The summed E-state index contributed by atoms with van der Waals surface area (Å²) < 4.78 is 0. The molecule has 20 heavy (non-hydrogen) atoms. The zero-order valence-corrected chi connectivity index (χ0v) is 11.7. The summed E-state index contributed by atoms with van der Waals surface area (Å²) in [5, 5.41) is 11.0. The number of nitrogens with zero attached hydrogens (tertiary/aromatic N) is 5. The first-order valence-corrected chi connectivity index (χ1v) is 6.38. The van der Waals surface area contributed by atoms with Crippen LogP contribution in [0.2, 0.25) is 0 Å². The molecule has 8 nitrogen and oxygen atoms in total. The fourth-order valence-electron chi connectivity index (χ4n) is 1.35. The van der Waals surface area contributed by atoms with Gasteiger partial charge in [0.2, 0.25) is 11.9 Å². The number of nitrogen functional groups attached to an aromatic ring is 1. The Balaban J connectivity index is 2.23. The second-order valence-electron chi connectivity index (χ2n) is 4.02. The van der Waals surface area contributed by atoms with Crippen LogP contribution >= 0.6 is 11.8 Å². The summed E-state index contributed by atoms with van der Waals surface area (Å²) in [5.41, 5.74) is 5.66. The van der Waals surface area contributed by atoms with Crippen molar-refractivity contribution in [2.75, 3.05) is 24.7 Å². The molecule has 0 aliphatic carbocycles. The Labute approximate surface area is 119 Å². The molecule has 2 rings (SSSR count). The van der Waals surface area contributed by atoms with E-state index in [1.807, 2.05) is 0 Å². The minimum absolute atomic E-state index is 0.0403. The molecule has 0 aliphatic heterocycles. The number of hydrogen-bond donors (Lipinski definition) is 1. The smallest absolute Gasteiger partial charge is 0.269 e. The number of aromatic nitrogens is 3. The van der Waals surface area contributed by atoms with Crippen LogP contribution in [0.3, 0.4) is 0 Å². The van der Waals surface area contributed by atoms with E-state index >= 15 is 0 Å². The molecular formula is C11H12N6O2S. The topological polar surface area (TPSA) is 111 Å². The number of hydrogen-bond acceptors (Lipinski definition) is 8. The number of benzene rings is 1. The SMILES string of the molecule is CN(C)c1nc(N)nc(Sc2ccc([N+](=O)[O-])cc2)n1. The molecule has 0 aliphatic rings. The maximum Gasteiger partial charge on any atom is 0.269 e. The molecule has 0 amide bonds. The molecule has 1 aromatic heterocycles. The number of nitrogens with two attached hydrogens (primary N) is 1. The van der Waals surface area contributed by atoms with Gasteiger partial charge in [-0.05, 0) is 23.9 Å². The van der Waals surface area contributed by atoms with Gasteiger partial charge < -0.3 is 10.6 Å². The van der Waals surface area contributed by atoms with Gasteiger partial charge in [0.15, 0.2) is 5.16 Å². The third kappa shape index (κ3) is 3.32. The number of nitro benzene ring substituents is 1. The van der Waals surface area contributed by atoms with Crippen LogP contribution in [0.15, 0.2) is 34.3 Å². The predicted octanol–water partition coefficient (Wildman–Crippen LogP) is 1.58. The second-order valence-corrected chi connectivity index (χ2v) is 5.06. The summed E-state index contributed by atoms with van der Waals surface area (Å²) in [6, 6.07) is 6.13. The zero-order chi connectivity index (χ0) is 14.7. The Hall–Kier alpha value is -2.42. The van der Waals surface area contributed by atoms with E-state index in [0.29, 0.717) is 11.1 Å². The van der Waals surface area contributed by atoms with E-state index in [9.17, 15) is 10.1 Å². The quantitative estimate of drug-likeness (QED) is 0.667. The van der Waals surface area contributed by atoms with Crippen molar-refractivity contribution >= 4 is 29.3 Å². The van der Waals surface area contributed by atoms with E-state index in [-0.39, 0.29) is 11.6 Å². The first-order chi connectivity index (χ1) is 9.45. The highest BCUT2D eigenvalue weighted by Crippen LogP contribution is 2.27. The summed E-state index contributed by atoms with van der Waals surface area (Å²) in [6.45, 7) is 0. The first kappa shape index (κ1) is 14.0. The van der Waals surface area contributed by atoms with Crippen molar-refractivity contribution in [2.24, 2.45) is 0 Å². The van der Waals surface area contributed by atoms with Crippen LogP contribution in [0.5, 0.6) is 0 Å². The van der Waals surface area contributed by atoms with E-state index in [4.69, 9.17) is 5.73 Å². The van der Waals surface area contributed by atoms with Crippen LogP contribution in [0.1, 0.15) is 0 Å². The van der Waals surface area contributed by atoms with Gasteiger partial charge in [-0.15, -0.1) is 0 Å². The van der Waals surface area contributed by atoms with Crippen molar-refractivity contribution in [3.8, 4) is 0 Å². The zero-order valence-electron chi connectivity index (χ0n) is 10.8. The van der Waals surface area contributed by atoms with Gasteiger partial charge in [0.25, 0.3) is 5.69 Å². The van der Waals surface area contributed by atoms with Crippen molar-refractivity contribution < 1.29 is 4.92 Å². The molecule has 0 atom stereocenters. The van der Waals surface area contributed by atoms with Crippen LogP contribution < -0.4 is 10.6 Å². The average molecular weight is 292 g/mol. The predicted molar refractivity (Wildman–Crippen MR) is 75.8 cm³/mol. The Morgan fingerprint density at radius 3 is 2.40 bits per heavy atom. The van der Waals surface area contributed by atoms with Crippen molar-refractivity contribution in [2.45, 2.75) is 10.1 Å². The minimum atomic E-state index is -0.445. The second kappa shape index (κ2) is 5.70. The van der Waals surface area contributed by atoms with E-state index in [2.05, 4.69) is 15.0 Å². The minimum Gasteiger partial charge on any atom is -0.368 e. The van der Waals surface area contributed by atoms with E-state index in [0.717, 1.165) is 4.90 Å². The monoisotopic (exact) mass is 292 g/mol. The van der Waals surface area contributed by atoms with Crippen molar-refractivity contribution in [1.29, 1.82) is 0 Å². The van der Waals surface area contributed by atoms with Crippen LogP contribution in [0, 0.1) is 10.1 Å². The lowest BCUT2D eigenvalue weighted by atomic mass is 10.3. The summed E-state index contributed by atoms with van der Waals surface area (Å²) >= 11 is 1.26. The van der Waals surface area contributed by atoms with Gasteiger partial charge in [0.1, 0.15) is 0 Å². The van der Waals surface area contributed by atoms with Crippen LogP contribution in [0.4, 0.5) is 17.6 Å². The molecule has 0 fully saturated rings. The van der Waals surface area contributed by atoms with Crippen molar-refractivity contribution in [3.63, 3.8) is 0 Å². The molecule has 2 N–H and O–H groups in total. The van der Waals surface area contributed by atoms with Gasteiger partial charge >= 0.3 is 0 Å². The maximum absolute atomic E-state index is 10.6. The van der Waals surface area contributed by atoms with Gasteiger partial charge in [0, 0.05) is 31.1 Å². The van der Waals surface area contributed by atoms with E-state index in [1.54, 1.807) is 31.1 Å². The lowest BCUT2D eigenvalue weighted by Crippen LogP contribution is -2.15. The lowest BCUT2D eigenvalue weighted by molar-refractivity contribution is -0.384. The van der Waals surface area contributed by atoms with Gasteiger partial charge in [-0.3, -0.25) is 10.1 Å². The normalized spacial score (nSPS) is 10.3. The largest absolute Gasteiger partial charge is 0.368 e. The van der Waals surface area contributed by atoms with Crippen molar-refractivity contribution in [1.82, 2.24) is 15.0 Å². The number of rotatable bonds is 4. The standard InChI is InChI=1S/C11H12N6O2S/c1-16(2)10-13-9(12)14-11(15-10)20-8-5-3-7(4-6-8)17(18)19/h3-6H,1-2H3,(H2,12,13,14,15). The van der Waals surface area contributed by atoms with Gasteiger partial charge in [0.05, 0.1) is 4.92 Å². The first-order valence-electron chi connectivity index (χ1n) is 5.57. The van der Waals surface area contributed by atoms with Gasteiger partial charge in [-0.2, -0.15) is 15.0 Å². The molecule has 9 heteroatoms. The van der Waals surface area contributed by atoms with E-state index in [1.165, 1.54) is 23.9 Å². The summed E-state index contributed by atoms with van der Waals surface area (Å²) in [5.74, 6) is 0.593. The molecule has 0 bridgehead atoms. The molecule has 1 heterocycles. The molecule has 0 saturated carbocycles. The average Bonchev–Trinajstić information content (AvgIpc) is 2.38. The molecular weight excluding hydrogens is 280 g/mol. The highest BCUT2D eigenvalue weighted by Gasteiger charge is 2.09. The number of anilines is 2. The van der Waals surface area contributed by atoms with Crippen LogP contribution in [0.25, 0.3) is 0 Å². The summed E-state index contributed by atoms with van der Waals surface area (Å²) in [7, 11) is 3.60. The molecule has 2 aromatic rings. The van der Waals surface area contributed by atoms with Gasteiger partial charge in [-0.1, -0.05) is 0 Å². The Bertz CT molecular complexity index is 631. The molecule has 0 spiro atoms. The third-order valence-corrected chi connectivity index (χ3v) is 3.15. The fourth-order valence-corrected chi connectivity index (χ4v) is 2.10. The maximum atomic E-state index is 10.6. The third-order valence-electron chi connectivity index (χ3n) is 2.28. The highest BCUT2D eigenvalue weighted by molar-refractivity contribution is 7.99. The molecule has 1 aromatic carbocycles. The molecule has 0 radical (unpaired) electrons. The lowest BCUT2D eigenvalue weighted by Gasteiger charge is -2.10. The van der Waals surface area contributed by atoms with Gasteiger partial charge in [-0.25, -0.2) is 0 Å². The van der Waals surface area contributed by atoms with E-state index < -0.39 is 4.92 Å².